The monoisotopic (exact) mass is 416 g/mol. The largest absolute Gasteiger partial charge is 0.484 e. The van der Waals surface area contributed by atoms with Gasteiger partial charge in [-0.25, -0.2) is 0 Å². The average molecular weight is 417 g/mol. The van der Waals surface area contributed by atoms with Crippen LogP contribution in [-0.2, 0) is 9.59 Å². The van der Waals surface area contributed by atoms with E-state index in [-0.39, 0.29) is 25.0 Å². The van der Waals surface area contributed by atoms with E-state index in [0.29, 0.717) is 42.7 Å². The molecule has 0 spiro atoms. The number of benzene rings is 2. The summed E-state index contributed by atoms with van der Waals surface area (Å²) in [7, 11) is 0. The SMILES string of the molecule is Cc1ccc(OCC(=O)N2CCCN(C(=O)COc3ccc(Cl)cc3)CC2)cc1. The van der Waals surface area contributed by atoms with Gasteiger partial charge in [0.2, 0.25) is 0 Å². The highest BCUT2D eigenvalue weighted by Gasteiger charge is 2.22. The predicted octanol–water partition coefficient (Wildman–Crippen LogP) is 3.17. The zero-order valence-electron chi connectivity index (χ0n) is 16.5. The van der Waals surface area contributed by atoms with E-state index < -0.39 is 0 Å². The summed E-state index contributed by atoms with van der Waals surface area (Å²) in [6.45, 7) is 4.15. The highest BCUT2D eigenvalue weighted by Crippen LogP contribution is 2.16. The van der Waals surface area contributed by atoms with Gasteiger partial charge in [0, 0.05) is 31.2 Å². The van der Waals surface area contributed by atoms with Crippen molar-refractivity contribution in [2.75, 3.05) is 39.4 Å². The van der Waals surface area contributed by atoms with Crippen molar-refractivity contribution in [1.82, 2.24) is 9.80 Å². The molecule has 3 rings (SSSR count). The summed E-state index contributed by atoms with van der Waals surface area (Å²) in [5, 5.41) is 0.618. The van der Waals surface area contributed by atoms with Gasteiger partial charge in [0.1, 0.15) is 11.5 Å². The predicted molar refractivity (Wildman–Crippen MR) is 111 cm³/mol. The third kappa shape index (κ3) is 6.39. The number of aryl methyl sites for hydroxylation is 1. The van der Waals surface area contributed by atoms with Crippen molar-refractivity contribution in [2.45, 2.75) is 13.3 Å². The van der Waals surface area contributed by atoms with Gasteiger partial charge in [0.05, 0.1) is 0 Å². The lowest BCUT2D eigenvalue weighted by molar-refractivity contribution is -0.135. The number of amides is 2. The number of hydrogen-bond acceptors (Lipinski definition) is 4. The molecular weight excluding hydrogens is 392 g/mol. The molecule has 0 saturated carbocycles. The molecule has 1 aliphatic heterocycles. The Kier molecular flexibility index (Phi) is 7.36. The molecule has 0 aromatic heterocycles. The average Bonchev–Trinajstić information content (AvgIpc) is 2.99. The van der Waals surface area contributed by atoms with Crippen LogP contribution in [0.4, 0.5) is 0 Å². The van der Waals surface area contributed by atoms with Crippen molar-refractivity contribution in [3.8, 4) is 11.5 Å². The summed E-state index contributed by atoms with van der Waals surface area (Å²) in [5.74, 6) is 1.11. The lowest BCUT2D eigenvalue weighted by atomic mass is 10.2. The van der Waals surface area contributed by atoms with Gasteiger partial charge in [-0.15, -0.1) is 0 Å². The van der Waals surface area contributed by atoms with Gasteiger partial charge < -0.3 is 19.3 Å². The third-order valence-electron chi connectivity index (χ3n) is 4.76. The Morgan fingerprint density at radius 1 is 0.793 bits per heavy atom. The number of hydrogen-bond donors (Lipinski definition) is 0. The van der Waals surface area contributed by atoms with Crippen LogP contribution in [0.2, 0.25) is 5.02 Å². The normalized spacial score (nSPS) is 14.3. The number of carbonyl (C=O) groups excluding carboxylic acids is 2. The molecule has 1 fully saturated rings. The molecular formula is C22H25ClN2O4. The minimum atomic E-state index is -0.0924. The maximum Gasteiger partial charge on any atom is 0.260 e. The van der Waals surface area contributed by atoms with E-state index >= 15 is 0 Å². The highest BCUT2D eigenvalue weighted by molar-refractivity contribution is 6.30. The molecule has 1 heterocycles. The first kappa shape index (κ1) is 21.0. The summed E-state index contributed by atoms with van der Waals surface area (Å²) in [5.41, 5.74) is 1.14. The molecule has 1 saturated heterocycles. The molecule has 29 heavy (non-hydrogen) atoms. The smallest absolute Gasteiger partial charge is 0.260 e. The van der Waals surface area contributed by atoms with E-state index in [2.05, 4.69) is 0 Å². The van der Waals surface area contributed by atoms with Gasteiger partial charge in [-0.3, -0.25) is 9.59 Å². The summed E-state index contributed by atoms with van der Waals surface area (Å²) in [6.07, 6.45) is 0.725. The first-order valence-electron chi connectivity index (χ1n) is 9.64. The fourth-order valence-corrected chi connectivity index (χ4v) is 3.18. The van der Waals surface area contributed by atoms with Gasteiger partial charge in [-0.1, -0.05) is 29.3 Å². The molecule has 2 aromatic carbocycles. The van der Waals surface area contributed by atoms with Crippen LogP contribution in [0, 0.1) is 6.92 Å². The van der Waals surface area contributed by atoms with Crippen LogP contribution in [0.5, 0.6) is 11.5 Å². The molecule has 0 atom stereocenters. The highest BCUT2D eigenvalue weighted by atomic mass is 35.5. The topological polar surface area (TPSA) is 59.1 Å². The number of halogens is 1. The molecule has 154 valence electrons. The van der Waals surface area contributed by atoms with Crippen LogP contribution in [-0.4, -0.2) is 61.0 Å². The summed E-state index contributed by atoms with van der Waals surface area (Å²) < 4.78 is 11.1. The van der Waals surface area contributed by atoms with Gasteiger partial charge in [-0.2, -0.15) is 0 Å². The molecule has 0 unspecified atom stereocenters. The number of rotatable bonds is 6. The van der Waals surface area contributed by atoms with Gasteiger partial charge in [-0.05, 0) is 49.7 Å². The molecule has 6 nitrogen and oxygen atoms in total. The second kappa shape index (κ2) is 10.2. The number of nitrogens with zero attached hydrogens (tertiary/aromatic N) is 2. The van der Waals surface area contributed by atoms with Crippen LogP contribution >= 0.6 is 11.6 Å². The molecule has 1 aliphatic rings. The Morgan fingerprint density at radius 2 is 1.24 bits per heavy atom. The van der Waals surface area contributed by atoms with E-state index in [1.54, 1.807) is 34.1 Å². The first-order chi connectivity index (χ1) is 14.0. The van der Waals surface area contributed by atoms with Crippen molar-refractivity contribution in [1.29, 1.82) is 0 Å². The second-order valence-corrected chi connectivity index (χ2v) is 7.40. The number of carbonyl (C=O) groups is 2. The van der Waals surface area contributed by atoms with Crippen molar-refractivity contribution < 1.29 is 19.1 Å². The van der Waals surface area contributed by atoms with E-state index in [4.69, 9.17) is 21.1 Å². The molecule has 0 N–H and O–H groups in total. The van der Waals surface area contributed by atoms with Crippen molar-refractivity contribution in [2.24, 2.45) is 0 Å². The van der Waals surface area contributed by atoms with Crippen molar-refractivity contribution in [3.05, 3.63) is 59.1 Å². The maximum atomic E-state index is 12.5. The quantitative estimate of drug-likeness (QED) is 0.725. The van der Waals surface area contributed by atoms with Crippen molar-refractivity contribution >= 4 is 23.4 Å². The van der Waals surface area contributed by atoms with Crippen LogP contribution in [0.15, 0.2) is 48.5 Å². The van der Waals surface area contributed by atoms with Gasteiger partial charge >= 0.3 is 0 Å². The summed E-state index contributed by atoms with van der Waals surface area (Å²) >= 11 is 5.85. The van der Waals surface area contributed by atoms with E-state index in [9.17, 15) is 9.59 Å². The standard InChI is InChI=1S/C22H25ClN2O4/c1-17-3-7-19(8-4-17)28-15-21(26)24-11-2-12-25(14-13-24)22(27)16-29-20-9-5-18(23)6-10-20/h3-10H,2,11-16H2,1H3. The zero-order valence-corrected chi connectivity index (χ0v) is 17.2. The summed E-state index contributed by atoms with van der Waals surface area (Å²) in [6, 6.07) is 14.5. The van der Waals surface area contributed by atoms with E-state index in [0.717, 1.165) is 12.0 Å². The second-order valence-electron chi connectivity index (χ2n) is 6.96. The third-order valence-corrected chi connectivity index (χ3v) is 5.01. The molecule has 0 aliphatic carbocycles. The van der Waals surface area contributed by atoms with Crippen LogP contribution in [0.25, 0.3) is 0 Å². The Balaban J connectivity index is 1.43. The van der Waals surface area contributed by atoms with Crippen LogP contribution < -0.4 is 9.47 Å². The maximum absolute atomic E-state index is 12.5. The van der Waals surface area contributed by atoms with E-state index in [1.165, 1.54) is 0 Å². The first-order valence-corrected chi connectivity index (χ1v) is 10.0. The molecule has 7 heteroatoms. The van der Waals surface area contributed by atoms with Crippen molar-refractivity contribution in [3.63, 3.8) is 0 Å². The fourth-order valence-electron chi connectivity index (χ4n) is 3.05. The fraction of sp³-hybridized carbons (Fsp3) is 0.364. The van der Waals surface area contributed by atoms with Crippen LogP contribution in [0.3, 0.4) is 0 Å². The van der Waals surface area contributed by atoms with Gasteiger partial charge in [0.25, 0.3) is 11.8 Å². The van der Waals surface area contributed by atoms with Crippen LogP contribution in [0.1, 0.15) is 12.0 Å². The molecule has 2 aromatic rings. The molecule has 2 amide bonds. The minimum Gasteiger partial charge on any atom is -0.484 e. The molecule has 0 bridgehead atoms. The molecule has 0 radical (unpaired) electrons. The number of ether oxygens (including phenoxy) is 2. The Hall–Kier alpha value is -2.73. The Bertz CT molecular complexity index is 754. The zero-order chi connectivity index (χ0) is 20.6. The van der Waals surface area contributed by atoms with Gasteiger partial charge in [0.15, 0.2) is 13.2 Å². The summed E-state index contributed by atoms with van der Waals surface area (Å²) in [4.78, 5) is 28.4. The lowest BCUT2D eigenvalue weighted by Crippen LogP contribution is -2.40. The Morgan fingerprint density at radius 3 is 1.72 bits per heavy atom. The lowest BCUT2D eigenvalue weighted by Gasteiger charge is -2.22. The van der Waals surface area contributed by atoms with E-state index in [1.807, 2.05) is 31.2 Å². The minimum absolute atomic E-state index is 0.00329. The Labute approximate surface area is 176 Å².